The third-order valence-electron chi connectivity index (χ3n) is 6.01. The molecule has 25 heavy (non-hydrogen) atoms. The minimum atomic E-state index is 0.319. The lowest BCUT2D eigenvalue weighted by molar-refractivity contribution is -0.135. The highest BCUT2D eigenvalue weighted by molar-refractivity contribution is 5.86. The molecule has 2 saturated heterocycles. The van der Waals surface area contributed by atoms with Crippen molar-refractivity contribution in [2.75, 3.05) is 19.6 Å². The number of hydrogen-bond donors (Lipinski definition) is 0. The number of likely N-dealkylation sites (tertiary alicyclic amines) is 2. The summed E-state index contributed by atoms with van der Waals surface area (Å²) in [7, 11) is 0. The standard InChI is InChI=1S/C22H28N2O/c1-17-8-4-5-15-24(17)22(25)16-23-14-7-13-21(23)20-12-6-10-18-9-2-3-11-19(18)20/h2-3,6,9-12,17,21H,4-5,7-8,13-16H2,1H3. The molecule has 2 aromatic carbocycles. The van der Waals surface area contributed by atoms with E-state index in [4.69, 9.17) is 0 Å². The average molecular weight is 336 g/mol. The van der Waals surface area contributed by atoms with Gasteiger partial charge in [0.2, 0.25) is 5.91 Å². The maximum atomic E-state index is 12.9. The molecule has 2 aromatic rings. The Balaban J connectivity index is 1.55. The number of carbonyl (C=O) groups is 1. The Labute approximate surface area is 150 Å². The van der Waals surface area contributed by atoms with E-state index in [1.165, 1.54) is 29.2 Å². The van der Waals surface area contributed by atoms with Crippen molar-refractivity contribution in [3.05, 3.63) is 48.0 Å². The summed E-state index contributed by atoms with van der Waals surface area (Å²) in [4.78, 5) is 17.4. The molecule has 4 rings (SSSR count). The summed E-state index contributed by atoms with van der Waals surface area (Å²) in [5.74, 6) is 0.319. The van der Waals surface area contributed by atoms with Gasteiger partial charge < -0.3 is 4.90 Å². The maximum absolute atomic E-state index is 12.9. The first-order chi connectivity index (χ1) is 12.2. The van der Waals surface area contributed by atoms with Crippen LogP contribution in [0.2, 0.25) is 0 Å². The molecule has 2 aliphatic heterocycles. The quantitative estimate of drug-likeness (QED) is 0.830. The average Bonchev–Trinajstić information content (AvgIpc) is 3.09. The molecule has 0 spiro atoms. The van der Waals surface area contributed by atoms with E-state index in [1.807, 2.05) is 0 Å². The number of nitrogens with zero attached hydrogens (tertiary/aromatic N) is 2. The third kappa shape index (κ3) is 3.30. The minimum absolute atomic E-state index is 0.319. The third-order valence-corrected chi connectivity index (χ3v) is 6.01. The van der Waals surface area contributed by atoms with Crippen LogP contribution in [0.5, 0.6) is 0 Å². The van der Waals surface area contributed by atoms with Crippen molar-refractivity contribution in [3.63, 3.8) is 0 Å². The molecule has 1 amide bonds. The molecule has 0 saturated carbocycles. The van der Waals surface area contributed by atoms with E-state index in [0.717, 1.165) is 32.4 Å². The highest BCUT2D eigenvalue weighted by Gasteiger charge is 2.31. The van der Waals surface area contributed by atoms with Crippen molar-refractivity contribution in [3.8, 4) is 0 Å². The first-order valence-corrected chi connectivity index (χ1v) is 9.75. The molecule has 0 aromatic heterocycles. The van der Waals surface area contributed by atoms with E-state index < -0.39 is 0 Å². The number of rotatable bonds is 3. The molecule has 0 aliphatic carbocycles. The maximum Gasteiger partial charge on any atom is 0.237 e. The van der Waals surface area contributed by atoms with Gasteiger partial charge in [-0.05, 0) is 61.9 Å². The van der Waals surface area contributed by atoms with Gasteiger partial charge in [0.25, 0.3) is 0 Å². The highest BCUT2D eigenvalue weighted by atomic mass is 16.2. The predicted octanol–water partition coefficient (Wildman–Crippen LogP) is 4.38. The second-order valence-corrected chi connectivity index (χ2v) is 7.63. The molecule has 0 N–H and O–H groups in total. The van der Waals surface area contributed by atoms with E-state index in [-0.39, 0.29) is 0 Å². The molecule has 3 heteroatoms. The van der Waals surface area contributed by atoms with Crippen LogP contribution in [0.3, 0.4) is 0 Å². The summed E-state index contributed by atoms with van der Waals surface area (Å²) in [5.41, 5.74) is 1.38. The van der Waals surface area contributed by atoms with Crippen LogP contribution in [-0.4, -0.2) is 41.4 Å². The van der Waals surface area contributed by atoms with Crippen LogP contribution in [0.15, 0.2) is 42.5 Å². The SMILES string of the molecule is CC1CCCCN1C(=O)CN1CCCC1c1cccc2ccccc12. The van der Waals surface area contributed by atoms with E-state index in [2.05, 4.69) is 59.2 Å². The Hall–Kier alpha value is -1.87. The van der Waals surface area contributed by atoms with Gasteiger partial charge >= 0.3 is 0 Å². The van der Waals surface area contributed by atoms with Gasteiger partial charge in [0.05, 0.1) is 6.54 Å². The molecule has 0 radical (unpaired) electrons. The molecule has 2 heterocycles. The fraction of sp³-hybridized carbons (Fsp3) is 0.500. The van der Waals surface area contributed by atoms with Gasteiger partial charge in [-0.15, -0.1) is 0 Å². The predicted molar refractivity (Wildman–Crippen MR) is 103 cm³/mol. The second kappa shape index (κ2) is 7.17. The van der Waals surface area contributed by atoms with Crippen LogP contribution < -0.4 is 0 Å². The fourth-order valence-electron chi connectivity index (χ4n) is 4.64. The smallest absolute Gasteiger partial charge is 0.237 e. The second-order valence-electron chi connectivity index (χ2n) is 7.63. The van der Waals surface area contributed by atoms with E-state index in [9.17, 15) is 4.79 Å². The van der Waals surface area contributed by atoms with Crippen LogP contribution in [0, 0.1) is 0 Å². The monoisotopic (exact) mass is 336 g/mol. The van der Waals surface area contributed by atoms with E-state index in [0.29, 0.717) is 24.5 Å². The molecule has 2 fully saturated rings. The van der Waals surface area contributed by atoms with Crippen LogP contribution >= 0.6 is 0 Å². The van der Waals surface area contributed by atoms with Crippen LogP contribution in [0.1, 0.15) is 50.6 Å². The lowest BCUT2D eigenvalue weighted by Crippen LogP contribution is -2.46. The molecular weight excluding hydrogens is 308 g/mol. The van der Waals surface area contributed by atoms with Gasteiger partial charge in [-0.1, -0.05) is 42.5 Å². The highest BCUT2D eigenvalue weighted by Crippen LogP contribution is 2.35. The van der Waals surface area contributed by atoms with Gasteiger partial charge in [0, 0.05) is 18.6 Å². The topological polar surface area (TPSA) is 23.6 Å². The lowest BCUT2D eigenvalue weighted by Gasteiger charge is -2.35. The van der Waals surface area contributed by atoms with Gasteiger partial charge in [0.15, 0.2) is 0 Å². The van der Waals surface area contributed by atoms with Crippen molar-refractivity contribution >= 4 is 16.7 Å². The van der Waals surface area contributed by atoms with Crippen molar-refractivity contribution in [2.45, 2.75) is 51.1 Å². The molecule has 2 aliphatic rings. The van der Waals surface area contributed by atoms with Crippen molar-refractivity contribution in [1.29, 1.82) is 0 Å². The number of amides is 1. The molecule has 132 valence electrons. The molecular formula is C22H28N2O. The van der Waals surface area contributed by atoms with Crippen LogP contribution in [0.25, 0.3) is 10.8 Å². The summed E-state index contributed by atoms with van der Waals surface area (Å²) < 4.78 is 0. The first kappa shape index (κ1) is 16.6. The lowest BCUT2D eigenvalue weighted by atomic mass is 9.97. The molecule has 2 atom stereocenters. The zero-order valence-corrected chi connectivity index (χ0v) is 15.2. The van der Waals surface area contributed by atoms with Gasteiger partial charge in [-0.25, -0.2) is 0 Å². The first-order valence-electron chi connectivity index (χ1n) is 9.75. The Morgan fingerprint density at radius 3 is 2.72 bits per heavy atom. The van der Waals surface area contributed by atoms with Crippen LogP contribution in [-0.2, 0) is 4.79 Å². The number of benzene rings is 2. The molecule has 2 unspecified atom stereocenters. The number of piperidine rings is 1. The largest absolute Gasteiger partial charge is 0.339 e. The zero-order valence-electron chi connectivity index (χ0n) is 15.2. The normalized spacial score (nSPS) is 24.8. The Kier molecular flexibility index (Phi) is 4.76. The summed E-state index contributed by atoms with van der Waals surface area (Å²) in [6, 6.07) is 16.0. The van der Waals surface area contributed by atoms with E-state index in [1.54, 1.807) is 0 Å². The number of fused-ring (bicyclic) bond motifs is 1. The summed E-state index contributed by atoms with van der Waals surface area (Å²) in [6.07, 6.45) is 5.89. The van der Waals surface area contributed by atoms with Crippen molar-refractivity contribution in [1.82, 2.24) is 9.80 Å². The Morgan fingerprint density at radius 2 is 1.84 bits per heavy atom. The van der Waals surface area contributed by atoms with Gasteiger partial charge in [0.1, 0.15) is 0 Å². The number of carbonyl (C=O) groups excluding carboxylic acids is 1. The van der Waals surface area contributed by atoms with Crippen LogP contribution in [0.4, 0.5) is 0 Å². The van der Waals surface area contributed by atoms with Gasteiger partial charge in [-0.2, -0.15) is 0 Å². The summed E-state index contributed by atoms with van der Waals surface area (Å²) in [5, 5.41) is 2.63. The summed E-state index contributed by atoms with van der Waals surface area (Å²) >= 11 is 0. The van der Waals surface area contributed by atoms with Crippen molar-refractivity contribution in [2.24, 2.45) is 0 Å². The van der Waals surface area contributed by atoms with Crippen molar-refractivity contribution < 1.29 is 4.79 Å². The van der Waals surface area contributed by atoms with Gasteiger partial charge in [-0.3, -0.25) is 9.69 Å². The Morgan fingerprint density at radius 1 is 1.00 bits per heavy atom. The number of hydrogen-bond acceptors (Lipinski definition) is 2. The summed E-state index contributed by atoms with van der Waals surface area (Å²) in [6.45, 7) is 4.73. The minimum Gasteiger partial charge on any atom is -0.339 e. The zero-order chi connectivity index (χ0) is 17.2. The molecule has 0 bridgehead atoms. The Bertz CT molecular complexity index is 751. The molecule has 3 nitrogen and oxygen atoms in total. The van der Waals surface area contributed by atoms with E-state index >= 15 is 0 Å². The fourth-order valence-corrected chi connectivity index (χ4v) is 4.64.